The van der Waals surface area contributed by atoms with E-state index < -0.39 is 29.0 Å². The topological polar surface area (TPSA) is 165 Å². The first-order valence-electron chi connectivity index (χ1n) is 17.4. The number of fused-ring (bicyclic) bond motifs is 6. The smallest absolute Gasteiger partial charge is 0.416 e. The highest BCUT2D eigenvalue weighted by Crippen LogP contribution is 2.67. The van der Waals surface area contributed by atoms with Gasteiger partial charge in [0.2, 0.25) is 11.7 Å². The Morgan fingerprint density at radius 2 is 1.80 bits per heavy atom. The van der Waals surface area contributed by atoms with Crippen molar-refractivity contribution in [1.29, 1.82) is 0 Å². The number of hydrogen-bond donors (Lipinski definition) is 2. The van der Waals surface area contributed by atoms with Gasteiger partial charge in [-0.1, -0.05) is 35.9 Å². The molecule has 4 aromatic heterocycles. The Morgan fingerprint density at radius 1 is 1.05 bits per heavy atom. The summed E-state index contributed by atoms with van der Waals surface area (Å²) in [5.41, 5.74) is 0.598. The minimum absolute atomic E-state index is 0.00437. The molecule has 14 nitrogen and oxygen atoms in total. The summed E-state index contributed by atoms with van der Waals surface area (Å²) in [7, 11) is 1.78. The van der Waals surface area contributed by atoms with Crippen LogP contribution in [0, 0.1) is 5.92 Å². The molecular formula is C37H30ClF3N10O4. The molecule has 2 aromatic carbocycles. The van der Waals surface area contributed by atoms with Crippen LogP contribution in [0.1, 0.15) is 52.5 Å². The van der Waals surface area contributed by atoms with Crippen LogP contribution in [0.4, 0.5) is 18.9 Å². The van der Waals surface area contributed by atoms with Gasteiger partial charge in [0, 0.05) is 60.1 Å². The summed E-state index contributed by atoms with van der Waals surface area (Å²) in [4.78, 5) is 56.5. The van der Waals surface area contributed by atoms with Crippen LogP contribution in [-0.2, 0) is 30.0 Å². The second-order valence-electron chi connectivity index (χ2n) is 14.1. The van der Waals surface area contributed by atoms with E-state index in [9.17, 15) is 32.7 Å². The van der Waals surface area contributed by atoms with Gasteiger partial charge in [-0.3, -0.25) is 14.4 Å². The third kappa shape index (κ3) is 5.63. The number of rotatable bonds is 6. The molecule has 0 radical (unpaired) electrons. The van der Waals surface area contributed by atoms with E-state index in [-0.39, 0.29) is 57.7 Å². The van der Waals surface area contributed by atoms with Gasteiger partial charge in [0.05, 0.1) is 16.3 Å². The van der Waals surface area contributed by atoms with Crippen molar-refractivity contribution < 1.29 is 27.9 Å². The first kappa shape index (κ1) is 34.7. The average Bonchev–Trinajstić information content (AvgIpc) is 3.50. The third-order valence-corrected chi connectivity index (χ3v) is 11.4. The van der Waals surface area contributed by atoms with Crippen LogP contribution in [0.5, 0.6) is 5.75 Å². The molecule has 1 saturated carbocycles. The van der Waals surface area contributed by atoms with Gasteiger partial charge in [-0.15, -0.1) is 5.10 Å². The maximum atomic E-state index is 14.6. The highest BCUT2D eigenvalue weighted by atomic mass is 35.5. The van der Waals surface area contributed by atoms with Crippen molar-refractivity contribution in [3.63, 3.8) is 0 Å². The highest BCUT2D eigenvalue weighted by Gasteiger charge is 2.64. The van der Waals surface area contributed by atoms with Crippen LogP contribution in [0.3, 0.4) is 0 Å². The van der Waals surface area contributed by atoms with E-state index in [1.165, 1.54) is 29.2 Å². The monoisotopic (exact) mass is 770 g/mol. The molecule has 1 spiro atoms. The number of amides is 2. The average molecular weight is 771 g/mol. The molecule has 0 unspecified atom stereocenters. The lowest BCUT2D eigenvalue weighted by molar-refractivity contribution is -0.137. The predicted octanol–water partition coefficient (Wildman–Crippen LogP) is 5.06. The largest absolute Gasteiger partial charge is 0.505 e. The minimum Gasteiger partial charge on any atom is -0.505 e. The fourth-order valence-corrected chi connectivity index (χ4v) is 8.62. The van der Waals surface area contributed by atoms with Gasteiger partial charge in [-0.2, -0.15) is 27.8 Å². The number of likely N-dealkylation sites (tertiary alicyclic amines) is 1. The molecule has 1 aliphatic heterocycles. The van der Waals surface area contributed by atoms with Gasteiger partial charge < -0.3 is 19.9 Å². The van der Waals surface area contributed by atoms with Crippen LogP contribution in [0.2, 0.25) is 5.02 Å². The number of carbonyl (C=O) groups is 2. The molecule has 5 heterocycles. The van der Waals surface area contributed by atoms with Gasteiger partial charge in [0.25, 0.3) is 11.5 Å². The number of aromatic nitrogens is 8. The molecule has 1 saturated heterocycles. The number of pyridine rings is 1. The SMILES string of the molecule is Cn1ncnc1-c1ccc(-c2nc3n(CC(=O)Nc4ccc(C(F)(F)F)cc4Cl)c4c(c(=O)n3n2)C2(CCN(C(=O)c3ncccc3O)CC2)[C@@H]2C[C@H]42)cc1. The molecule has 0 bridgehead atoms. The molecular weight excluding hydrogens is 741 g/mol. The van der Waals surface area contributed by atoms with Crippen molar-refractivity contribution in [2.45, 2.75) is 43.3 Å². The fraction of sp³-hybridized carbons (Fsp3) is 0.297. The number of hydrogen-bond acceptors (Lipinski definition) is 9. The van der Waals surface area contributed by atoms with Crippen LogP contribution >= 0.6 is 11.6 Å². The zero-order valence-electron chi connectivity index (χ0n) is 29.0. The maximum absolute atomic E-state index is 14.6. The molecule has 6 aromatic rings. The highest BCUT2D eigenvalue weighted by molar-refractivity contribution is 6.33. The molecule has 2 N–H and O–H groups in total. The molecule has 2 fully saturated rings. The maximum Gasteiger partial charge on any atom is 0.416 e. The summed E-state index contributed by atoms with van der Waals surface area (Å²) in [5, 5.41) is 21.4. The van der Waals surface area contributed by atoms with Gasteiger partial charge in [0.1, 0.15) is 18.6 Å². The van der Waals surface area contributed by atoms with E-state index >= 15 is 0 Å². The molecule has 280 valence electrons. The molecule has 2 aliphatic carbocycles. The van der Waals surface area contributed by atoms with E-state index in [0.29, 0.717) is 48.6 Å². The lowest BCUT2D eigenvalue weighted by atomic mass is 9.71. The number of aryl methyl sites for hydroxylation is 1. The Morgan fingerprint density at radius 3 is 2.47 bits per heavy atom. The number of alkyl halides is 3. The van der Waals surface area contributed by atoms with Crippen molar-refractivity contribution in [3.05, 3.63) is 105 Å². The molecule has 55 heavy (non-hydrogen) atoms. The quantitative estimate of drug-likeness (QED) is 0.236. The van der Waals surface area contributed by atoms with Gasteiger partial charge >= 0.3 is 6.18 Å². The Labute approximate surface area is 314 Å². The Balaban J connectivity index is 1.10. The van der Waals surface area contributed by atoms with Crippen LogP contribution in [0.15, 0.2) is 71.9 Å². The van der Waals surface area contributed by atoms with Crippen molar-refractivity contribution >= 4 is 34.9 Å². The summed E-state index contributed by atoms with van der Waals surface area (Å²) in [6.45, 7) is 0.278. The molecule has 18 heteroatoms. The second kappa shape index (κ2) is 12.5. The summed E-state index contributed by atoms with van der Waals surface area (Å²) in [6, 6.07) is 12.9. The number of aromatic hydroxyl groups is 1. The second-order valence-corrected chi connectivity index (χ2v) is 14.5. The standard InChI is InChI=1S/C37H30ClF3N10O4/c1-48-32(43-18-44-48)20-6-4-19(5-7-20)31-46-35-50(17-27(53)45-25-9-8-21(15-24(25)38)37(39,40)41)30-22-16-23(22)36(28(30)33(54)51(35)47-31)10-13-49(14-11-36)34(55)29-26(52)3-2-12-42-29/h2-9,12,15,18,22-23,52H,10-11,13-14,16-17H2,1H3,(H,45,53)/t22-,23+/m0/s1. The van der Waals surface area contributed by atoms with Crippen molar-refractivity contribution in [1.82, 2.24) is 43.8 Å². The Hall–Kier alpha value is -6.10. The fourth-order valence-electron chi connectivity index (χ4n) is 8.39. The molecule has 3 aliphatic rings. The molecule has 2 atom stereocenters. The van der Waals surface area contributed by atoms with E-state index in [0.717, 1.165) is 30.2 Å². The molecule has 2 amide bonds. The number of carbonyl (C=O) groups excluding carboxylic acids is 2. The van der Waals surface area contributed by atoms with Gasteiger partial charge in [0.15, 0.2) is 17.3 Å². The van der Waals surface area contributed by atoms with E-state index in [1.54, 1.807) is 33.3 Å². The van der Waals surface area contributed by atoms with Gasteiger partial charge in [-0.05, 0) is 55.5 Å². The number of nitrogens with zero attached hydrogens (tertiary/aromatic N) is 9. The zero-order chi connectivity index (χ0) is 38.4. The normalized spacial score (nSPS) is 18.4. The minimum atomic E-state index is -4.62. The lowest BCUT2D eigenvalue weighted by Crippen LogP contribution is -2.48. The summed E-state index contributed by atoms with van der Waals surface area (Å²) in [6.07, 6.45) is -0.0510. The van der Waals surface area contributed by atoms with E-state index in [4.69, 9.17) is 16.6 Å². The number of piperidine rings is 1. The predicted molar refractivity (Wildman–Crippen MR) is 191 cm³/mol. The lowest BCUT2D eigenvalue weighted by Gasteiger charge is -2.41. The number of anilines is 1. The number of benzene rings is 2. The Kier molecular flexibility index (Phi) is 7.86. The first-order valence-corrected chi connectivity index (χ1v) is 17.8. The van der Waals surface area contributed by atoms with Crippen LogP contribution < -0.4 is 10.9 Å². The third-order valence-electron chi connectivity index (χ3n) is 11.1. The van der Waals surface area contributed by atoms with E-state index in [2.05, 4.69) is 25.5 Å². The zero-order valence-corrected chi connectivity index (χ0v) is 29.7. The summed E-state index contributed by atoms with van der Waals surface area (Å²) in [5.74, 6) is -0.187. The van der Waals surface area contributed by atoms with Crippen molar-refractivity contribution in [3.8, 4) is 28.5 Å². The summed E-state index contributed by atoms with van der Waals surface area (Å²) < 4.78 is 44.4. The van der Waals surface area contributed by atoms with E-state index in [1.807, 2.05) is 12.1 Å². The molecule has 9 rings (SSSR count). The number of nitrogens with one attached hydrogen (secondary N) is 1. The number of halogens is 4. The van der Waals surface area contributed by atoms with Crippen molar-refractivity contribution in [2.75, 3.05) is 18.4 Å². The van der Waals surface area contributed by atoms with Crippen LogP contribution in [-0.4, -0.2) is 73.8 Å². The van der Waals surface area contributed by atoms with Gasteiger partial charge in [-0.25, -0.2) is 14.6 Å². The van der Waals surface area contributed by atoms with Crippen LogP contribution in [0.25, 0.3) is 28.6 Å². The first-order chi connectivity index (χ1) is 26.3. The van der Waals surface area contributed by atoms with Crippen molar-refractivity contribution in [2.24, 2.45) is 13.0 Å². The summed E-state index contributed by atoms with van der Waals surface area (Å²) >= 11 is 6.18. The Bertz CT molecular complexity index is 2610.